The first-order valence-electron chi connectivity index (χ1n) is 8.37. The predicted molar refractivity (Wildman–Crippen MR) is 87.1 cm³/mol. The second-order valence-electron chi connectivity index (χ2n) is 5.85. The normalized spacial score (nSPS) is 12.5. The molecule has 0 spiro atoms. The van der Waals surface area contributed by atoms with Gasteiger partial charge in [-0.05, 0) is 26.0 Å². The van der Waals surface area contributed by atoms with E-state index >= 15 is 0 Å². The maximum atomic E-state index is 12.9. The zero-order valence-electron chi connectivity index (χ0n) is 13.5. The van der Waals surface area contributed by atoms with E-state index in [1.54, 1.807) is 6.07 Å². The number of aromatic hydroxyl groups is 1. The highest BCUT2D eigenvalue weighted by Crippen LogP contribution is 2.24. The lowest BCUT2D eigenvalue weighted by molar-refractivity contribution is 0.444. The fraction of sp³-hybridized carbons (Fsp3) is 0.667. The van der Waals surface area contributed by atoms with E-state index in [-0.39, 0.29) is 11.8 Å². The second kappa shape index (κ2) is 10.6. The lowest BCUT2D eigenvalue weighted by Crippen LogP contribution is -2.19. The summed E-state index contributed by atoms with van der Waals surface area (Å²) in [6, 6.07) is 4.26. The minimum atomic E-state index is -0.397. The molecule has 1 atom stereocenters. The smallest absolute Gasteiger partial charge is 0.126 e. The second-order valence-corrected chi connectivity index (χ2v) is 5.85. The van der Waals surface area contributed by atoms with E-state index in [0.29, 0.717) is 0 Å². The van der Waals surface area contributed by atoms with Crippen molar-refractivity contribution in [1.82, 2.24) is 5.32 Å². The summed E-state index contributed by atoms with van der Waals surface area (Å²) in [6.07, 6.45) is 10.5. The van der Waals surface area contributed by atoms with Gasteiger partial charge in [-0.25, -0.2) is 4.39 Å². The van der Waals surface area contributed by atoms with Gasteiger partial charge in [-0.15, -0.1) is 0 Å². The van der Waals surface area contributed by atoms with E-state index < -0.39 is 5.82 Å². The molecule has 0 bridgehead atoms. The molecule has 1 aromatic rings. The molecule has 120 valence electrons. The van der Waals surface area contributed by atoms with Gasteiger partial charge < -0.3 is 10.4 Å². The number of nitrogens with one attached hydrogen (secondary N) is 1. The lowest BCUT2D eigenvalue weighted by atomic mass is 10.1. The number of benzene rings is 1. The molecule has 2 nitrogen and oxygen atoms in total. The number of hydrogen-bond donors (Lipinski definition) is 2. The van der Waals surface area contributed by atoms with Crippen molar-refractivity contribution in [3.63, 3.8) is 0 Å². The number of hydrogen-bond acceptors (Lipinski definition) is 2. The molecule has 1 aromatic carbocycles. The number of rotatable bonds is 11. The standard InChI is InChI=1S/C18H30FNO/c1-3-4-5-6-7-8-9-10-13-20-15(2)17-12-11-16(19)14-18(17)21/h11-12,14-15,20-21H,3-10,13H2,1-2H3. The summed E-state index contributed by atoms with van der Waals surface area (Å²) in [5.74, 6) is -0.363. The van der Waals surface area contributed by atoms with Crippen LogP contribution in [-0.2, 0) is 0 Å². The van der Waals surface area contributed by atoms with Gasteiger partial charge in [0, 0.05) is 17.7 Å². The van der Waals surface area contributed by atoms with Crippen LogP contribution in [0.4, 0.5) is 4.39 Å². The topological polar surface area (TPSA) is 32.3 Å². The Morgan fingerprint density at radius 3 is 2.29 bits per heavy atom. The monoisotopic (exact) mass is 295 g/mol. The van der Waals surface area contributed by atoms with Crippen LogP contribution >= 0.6 is 0 Å². The van der Waals surface area contributed by atoms with E-state index in [2.05, 4.69) is 12.2 Å². The molecule has 0 radical (unpaired) electrons. The molecule has 2 N–H and O–H groups in total. The molecule has 0 saturated heterocycles. The van der Waals surface area contributed by atoms with Crippen molar-refractivity contribution in [1.29, 1.82) is 0 Å². The van der Waals surface area contributed by atoms with Crippen molar-refractivity contribution in [3.05, 3.63) is 29.6 Å². The molecule has 1 rings (SSSR count). The Morgan fingerprint density at radius 1 is 1.05 bits per heavy atom. The van der Waals surface area contributed by atoms with Gasteiger partial charge in [0.2, 0.25) is 0 Å². The quantitative estimate of drug-likeness (QED) is 0.541. The number of phenols is 1. The van der Waals surface area contributed by atoms with Crippen LogP contribution in [-0.4, -0.2) is 11.7 Å². The molecule has 3 heteroatoms. The van der Waals surface area contributed by atoms with E-state index in [1.807, 2.05) is 6.92 Å². The zero-order chi connectivity index (χ0) is 15.5. The Balaban J connectivity index is 2.09. The molecule has 0 heterocycles. The van der Waals surface area contributed by atoms with Crippen LogP contribution in [0.25, 0.3) is 0 Å². The fourth-order valence-corrected chi connectivity index (χ4v) is 2.57. The summed E-state index contributed by atoms with van der Waals surface area (Å²) in [5, 5.41) is 13.1. The zero-order valence-corrected chi connectivity index (χ0v) is 13.5. The first kappa shape index (κ1) is 18.0. The van der Waals surface area contributed by atoms with E-state index in [9.17, 15) is 9.50 Å². The van der Waals surface area contributed by atoms with E-state index in [0.717, 1.165) is 18.5 Å². The Labute approximate surface area is 128 Å². The summed E-state index contributed by atoms with van der Waals surface area (Å²) < 4.78 is 12.9. The Morgan fingerprint density at radius 2 is 1.67 bits per heavy atom. The van der Waals surface area contributed by atoms with Gasteiger partial charge in [0.15, 0.2) is 0 Å². The van der Waals surface area contributed by atoms with E-state index in [4.69, 9.17) is 0 Å². The van der Waals surface area contributed by atoms with Crippen LogP contribution in [0.1, 0.15) is 76.8 Å². The van der Waals surface area contributed by atoms with Gasteiger partial charge in [0.05, 0.1) is 0 Å². The summed E-state index contributed by atoms with van der Waals surface area (Å²) in [6.45, 7) is 5.18. The van der Waals surface area contributed by atoms with Gasteiger partial charge in [-0.1, -0.05) is 57.9 Å². The minimum Gasteiger partial charge on any atom is -0.508 e. The van der Waals surface area contributed by atoms with Crippen molar-refractivity contribution in [2.24, 2.45) is 0 Å². The van der Waals surface area contributed by atoms with Crippen LogP contribution in [0.2, 0.25) is 0 Å². The summed E-state index contributed by atoms with van der Waals surface area (Å²) in [7, 11) is 0. The molecule has 0 saturated carbocycles. The Kier molecular flexibility index (Phi) is 9.07. The van der Waals surface area contributed by atoms with Gasteiger partial charge in [0.25, 0.3) is 0 Å². The third-order valence-corrected chi connectivity index (χ3v) is 3.94. The summed E-state index contributed by atoms with van der Waals surface area (Å²) in [4.78, 5) is 0. The van der Waals surface area contributed by atoms with Crippen LogP contribution in [0.5, 0.6) is 5.75 Å². The molecule has 1 unspecified atom stereocenters. The summed E-state index contributed by atoms with van der Waals surface area (Å²) >= 11 is 0. The van der Waals surface area contributed by atoms with Gasteiger partial charge in [0.1, 0.15) is 11.6 Å². The first-order valence-corrected chi connectivity index (χ1v) is 8.37. The van der Waals surface area contributed by atoms with Crippen molar-refractivity contribution in [3.8, 4) is 5.75 Å². The molecule has 0 aromatic heterocycles. The van der Waals surface area contributed by atoms with Crippen LogP contribution in [0.15, 0.2) is 18.2 Å². The lowest BCUT2D eigenvalue weighted by Gasteiger charge is -2.15. The van der Waals surface area contributed by atoms with Gasteiger partial charge in [-0.3, -0.25) is 0 Å². The molecule has 0 aliphatic rings. The fourth-order valence-electron chi connectivity index (χ4n) is 2.57. The van der Waals surface area contributed by atoms with E-state index in [1.165, 1.54) is 57.1 Å². The van der Waals surface area contributed by atoms with Crippen molar-refractivity contribution < 1.29 is 9.50 Å². The van der Waals surface area contributed by atoms with Crippen molar-refractivity contribution in [2.75, 3.05) is 6.54 Å². The minimum absolute atomic E-state index is 0.0333. The molecule has 0 aliphatic heterocycles. The number of halogens is 1. The highest BCUT2D eigenvalue weighted by Gasteiger charge is 2.10. The van der Waals surface area contributed by atoms with Gasteiger partial charge >= 0.3 is 0 Å². The Hall–Kier alpha value is -1.09. The molecule has 0 amide bonds. The first-order chi connectivity index (χ1) is 10.1. The molecule has 0 aliphatic carbocycles. The number of unbranched alkanes of at least 4 members (excludes halogenated alkanes) is 7. The molecular weight excluding hydrogens is 265 g/mol. The largest absolute Gasteiger partial charge is 0.508 e. The van der Waals surface area contributed by atoms with Crippen LogP contribution < -0.4 is 5.32 Å². The average molecular weight is 295 g/mol. The highest BCUT2D eigenvalue weighted by molar-refractivity contribution is 5.34. The maximum Gasteiger partial charge on any atom is 0.126 e. The maximum absolute atomic E-state index is 12.9. The third-order valence-electron chi connectivity index (χ3n) is 3.94. The highest BCUT2D eigenvalue weighted by atomic mass is 19.1. The molecular formula is C18H30FNO. The SMILES string of the molecule is CCCCCCCCCCNC(C)c1ccc(F)cc1O. The van der Waals surface area contributed by atoms with Crippen molar-refractivity contribution in [2.45, 2.75) is 71.3 Å². The van der Waals surface area contributed by atoms with Crippen molar-refractivity contribution >= 4 is 0 Å². The molecule has 0 fully saturated rings. The number of phenolic OH excluding ortho intramolecular Hbond substituents is 1. The molecule has 21 heavy (non-hydrogen) atoms. The Bertz CT molecular complexity index is 395. The van der Waals surface area contributed by atoms with Gasteiger partial charge in [-0.2, -0.15) is 0 Å². The summed E-state index contributed by atoms with van der Waals surface area (Å²) in [5.41, 5.74) is 0.760. The predicted octanol–water partition coefficient (Wildman–Crippen LogP) is 5.32. The van der Waals surface area contributed by atoms with Crippen LogP contribution in [0.3, 0.4) is 0 Å². The average Bonchev–Trinajstić information content (AvgIpc) is 2.45. The third kappa shape index (κ3) is 7.47. The van der Waals surface area contributed by atoms with Crippen LogP contribution in [0, 0.1) is 5.82 Å².